The third kappa shape index (κ3) is 13.1. The summed E-state index contributed by atoms with van der Waals surface area (Å²) in [6, 6.07) is 0. The van der Waals surface area contributed by atoms with Gasteiger partial charge in [-0.05, 0) is 67.5 Å². The molecule has 30 heavy (non-hydrogen) atoms. The van der Waals surface area contributed by atoms with Gasteiger partial charge in [-0.1, -0.05) is 70.6 Å². The van der Waals surface area contributed by atoms with Crippen LogP contribution in [-0.2, 0) is 21.7 Å². The van der Waals surface area contributed by atoms with Gasteiger partial charge in [0, 0.05) is 54.4 Å². The average Bonchev–Trinajstić information content (AvgIpc) is 3.09. The van der Waals surface area contributed by atoms with Gasteiger partial charge in [0.05, 0.1) is 5.91 Å². The molecule has 0 bridgehead atoms. The van der Waals surface area contributed by atoms with E-state index in [9.17, 15) is 4.79 Å². The molecule has 0 unspecified atom stereocenters. The number of nitrogens with one attached hydrogen (secondary N) is 1. The summed E-state index contributed by atoms with van der Waals surface area (Å²) < 4.78 is 0. The van der Waals surface area contributed by atoms with Crippen molar-refractivity contribution >= 4 is 38.6 Å². The van der Waals surface area contributed by atoms with E-state index >= 15 is 0 Å². The van der Waals surface area contributed by atoms with Crippen LogP contribution in [0.3, 0.4) is 0 Å². The summed E-state index contributed by atoms with van der Waals surface area (Å²) in [5.41, 5.74) is 14.7. The smallest absolute Gasteiger partial charge is 0.0805 e. The third-order valence-corrected chi connectivity index (χ3v) is 4.01. The Hall–Kier alpha value is -0.465. The summed E-state index contributed by atoms with van der Waals surface area (Å²) in [5.74, 6) is -0.582. The maximum Gasteiger partial charge on any atom is 0.0805 e. The molecule has 1 amide bonds. The molecule has 0 aromatic heterocycles. The quantitative estimate of drug-likeness (QED) is 0.386. The molecular weight excluding hydrogens is 450 g/mol. The zero-order valence-corrected chi connectivity index (χ0v) is 25.9. The minimum Gasteiger partial charge on any atom is -0.664 e. The summed E-state index contributed by atoms with van der Waals surface area (Å²) in [7, 11) is 1.32. The first-order valence-electron chi connectivity index (χ1n) is 10.2. The molecule has 2 nitrogen and oxygen atoms in total. The van der Waals surface area contributed by atoms with Crippen LogP contribution < -0.4 is 0 Å². The van der Waals surface area contributed by atoms with E-state index in [1.807, 2.05) is 32.9 Å². The van der Waals surface area contributed by atoms with E-state index in [0.717, 1.165) is 43.8 Å². The largest absolute Gasteiger partial charge is 0.664 e. The number of allylic oxidation sites excluding steroid dienone is 4. The van der Waals surface area contributed by atoms with Crippen molar-refractivity contribution < 1.29 is 26.5 Å². The summed E-state index contributed by atoms with van der Waals surface area (Å²) in [5, 5.41) is 0. The topological polar surface area (TPSA) is 40.9 Å². The molecule has 1 aromatic rings. The van der Waals surface area contributed by atoms with Crippen LogP contribution in [0.25, 0.3) is 11.3 Å². The molecular formula is C24H42NOSi3Ti-. The predicted octanol–water partition coefficient (Wildman–Crippen LogP) is 7.98. The summed E-state index contributed by atoms with van der Waals surface area (Å²) in [6.45, 7) is 26.0. The van der Waals surface area contributed by atoms with E-state index in [4.69, 9.17) is 5.73 Å². The van der Waals surface area contributed by atoms with Crippen molar-refractivity contribution in [1.29, 1.82) is 0 Å². The summed E-state index contributed by atoms with van der Waals surface area (Å²) in [6.07, 6.45) is 6.99. The molecule has 0 saturated heterocycles. The molecule has 0 atom stereocenters. The van der Waals surface area contributed by atoms with Gasteiger partial charge >= 0.3 is 0 Å². The van der Waals surface area contributed by atoms with E-state index < -0.39 is 5.91 Å². The fourth-order valence-electron chi connectivity index (χ4n) is 2.63. The van der Waals surface area contributed by atoms with E-state index in [-0.39, 0.29) is 39.3 Å². The second-order valence-corrected chi connectivity index (χ2v) is 15.4. The Morgan fingerprint density at radius 2 is 1.23 bits per heavy atom. The number of carbonyl (C=O) groups is 1. The fourth-order valence-corrected chi connectivity index (χ4v) is 2.63. The van der Waals surface area contributed by atoms with Crippen LogP contribution in [0.5, 0.6) is 0 Å². The van der Waals surface area contributed by atoms with Gasteiger partial charge in [0.15, 0.2) is 0 Å². The standard InChI is InChI=1S/C16H19NO.2C3H9Si.C2H6Si.Ti/c1-9-10(2)12(4)15(16(17)18)14(11(9)3)13-7-5-6-8-13;2*1-4(2)3;1-3-2;/h5-7H,8H2,1-4H3,(H2,17,18);2*1-3H3;1-2H3;/p-1. The summed E-state index contributed by atoms with van der Waals surface area (Å²) >= 11 is 0. The van der Waals surface area contributed by atoms with Crippen LogP contribution in [0, 0.1) is 27.7 Å². The zero-order chi connectivity index (χ0) is 23.3. The van der Waals surface area contributed by atoms with Gasteiger partial charge in [-0.25, -0.2) is 0 Å². The molecule has 1 aliphatic carbocycles. The van der Waals surface area contributed by atoms with Crippen molar-refractivity contribution in [2.75, 3.05) is 0 Å². The van der Waals surface area contributed by atoms with Crippen molar-refractivity contribution in [3.63, 3.8) is 0 Å². The molecule has 166 valence electrons. The first-order valence-corrected chi connectivity index (χ1v) is 18.2. The van der Waals surface area contributed by atoms with Crippen molar-refractivity contribution in [3.05, 3.63) is 57.3 Å². The van der Waals surface area contributed by atoms with Gasteiger partial charge in [-0.15, -0.1) is 0 Å². The molecule has 4 radical (unpaired) electrons. The van der Waals surface area contributed by atoms with E-state index in [1.165, 1.54) is 5.56 Å². The Balaban J connectivity index is -0.000000510. The molecule has 0 spiro atoms. The second kappa shape index (κ2) is 18.1. The SMILES string of the molecule is C[Si](C)C.C[Si](C)C.C[Si]C.Cc1c(C)c(C)c(C2=CC=CC2)c(C([NH-])=O)c1C.[Ti]. The van der Waals surface area contributed by atoms with Crippen LogP contribution in [0.15, 0.2) is 18.2 Å². The minimum absolute atomic E-state index is 0. The number of hydrogen-bond donors (Lipinski definition) is 0. The van der Waals surface area contributed by atoms with Crippen LogP contribution >= 0.6 is 0 Å². The Labute approximate surface area is 208 Å². The van der Waals surface area contributed by atoms with Gasteiger partial charge in [-0.3, -0.25) is 0 Å². The van der Waals surface area contributed by atoms with Crippen LogP contribution in [0.4, 0.5) is 0 Å². The summed E-state index contributed by atoms with van der Waals surface area (Å²) in [4.78, 5) is 11.7. The molecule has 0 heterocycles. The van der Waals surface area contributed by atoms with E-state index in [0.29, 0.717) is 5.56 Å². The molecule has 0 saturated carbocycles. The molecule has 0 aliphatic heterocycles. The van der Waals surface area contributed by atoms with Crippen molar-refractivity contribution in [2.45, 2.75) is 86.5 Å². The zero-order valence-electron chi connectivity index (χ0n) is 21.3. The van der Waals surface area contributed by atoms with Crippen molar-refractivity contribution in [3.8, 4) is 0 Å². The number of rotatable bonds is 2. The molecule has 2 rings (SSSR count). The average molecular weight is 493 g/mol. The van der Waals surface area contributed by atoms with Crippen LogP contribution in [0.1, 0.15) is 44.6 Å². The molecule has 1 N–H and O–H groups in total. The number of benzene rings is 1. The van der Waals surface area contributed by atoms with Gasteiger partial charge in [0.25, 0.3) is 0 Å². The number of hydrogen-bond acceptors (Lipinski definition) is 1. The van der Waals surface area contributed by atoms with Gasteiger partial charge < -0.3 is 10.5 Å². The Morgan fingerprint density at radius 1 is 0.867 bits per heavy atom. The number of amides is 1. The van der Waals surface area contributed by atoms with Crippen molar-refractivity contribution in [1.82, 2.24) is 0 Å². The van der Waals surface area contributed by atoms with Gasteiger partial charge in [0.2, 0.25) is 0 Å². The maximum absolute atomic E-state index is 11.7. The molecule has 6 heteroatoms. The Morgan fingerprint density at radius 3 is 1.53 bits per heavy atom. The van der Waals surface area contributed by atoms with Gasteiger partial charge in [0.1, 0.15) is 0 Å². The van der Waals surface area contributed by atoms with Crippen molar-refractivity contribution in [2.24, 2.45) is 0 Å². The minimum atomic E-state index is -0.582. The Bertz CT molecular complexity index is 700. The third-order valence-electron chi connectivity index (χ3n) is 4.01. The van der Waals surface area contributed by atoms with E-state index in [2.05, 4.69) is 65.4 Å². The van der Waals surface area contributed by atoms with Crippen LogP contribution in [0.2, 0.25) is 52.4 Å². The van der Waals surface area contributed by atoms with E-state index in [1.54, 1.807) is 0 Å². The monoisotopic (exact) mass is 492 g/mol. The fraction of sp³-hybridized carbons (Fsp3) is 0.542. The first kappa shape index (κ1) is 34.2. The van der Waals surface area contributed by atoms with Gasteiger partial charge in [-0.2, -0.15) is 0 Å². The molecule has 0 fully saturated rings. The molecule has 1 aromatic carbocycles. The number of carbonyl (C=O) groups excluding carboxylic acids is 1. The second-order valence-electron chi connectivity index (χ2n) is 8.40. The van der Waals surface area contributed by atoms with Crippen LogP contribution in [-0.4, -0.2) is 33.0 Å². The first-order chi connectivity index (χ1) is 13.3. The Kier molecular flexibility index (Phi) is 20.7. The maximum atomic E-state index is 11.7. The molecule has 1 aliphatic rings. The predicted molar refractivity (Wildman–Crippen MR) is 140 cm³/mol. The normalized spacial score (nSPS) is 11.3.